The Morgan fingerprint density at radius 3 is 2.56 bits per heavy atom. The number of hydrogen-bond donors (Lipinski definition) is 0. The molecule has 1 unspecified atom stereocenters. The molecule has 1 atom stereocenters. The Bertz CT molecular complexity index is 510. The molecule has 0 aliphatic heterocycles. The van der Waals surface area contributed by atoms with Gasteiger partial charge < -0.3 is 4.74 Å². The Kier molecular flexibility index (Phi) is 4.89. The second-order valence-corrected chi connectivity index (χ2v) is 5.85. The van der Waals surface area contributed by atoms with Crippen molar-refractivity contribution in [3.8, 4) is 5.75 Å². The molecule has 0 spiro atoms. The van der Waals surface area contributed by atoms with Gasteiger partial charge >= 0.3 is 0 Å². The van der Waals surface area contributed by atoms with Crippen molar-refractivity contribution >= 4 is 34.2 Å². The molecule has 0 aliphatic rings. The monoisotopic (exact) mass is 372 g/mol. The van der Waals surface area contributed by atoms with E-state index in [1.807, 2.05) is 18.2 Å². The molecular weight excluding hydrogens is 359 g/mol. The number of alkyl halides is 1. The summed E-state index contributed by atoms with van der Waals surface area (Å²) in [6.45, 7) is 0. The van der Waals surface area contributed by atoms with Crippen molar-refractivity contribution in [3.05, 3.63) is 63.2 Å². The first kappa shape index (κ1) is 13.7. The maximum atomic E-state index is 6.45. The van der Waals surface area contributed by atoms with Gasteiger partial charge in [0.2, 0.25) is 0 Å². The van der Waals surface area contributed by atoms with Crippen molar-refractivity contribution in [2.24, 2.45) is 0 Å². The second-order valence-electron chi connectivity index (χ2n) is 4.07. The van der Waals surface area contributed by atoms with E-state index in [4.69, 9.17) is 16.3 Å². The molecule has 1 nitrogen and oxygen atoms in total. The summed E-state index contributed by atoms with van der Waals surface area (Å²) in [4.78, 5) is 0. The van der Waals surface area contributed by atoms with Crippen molar-refractivity contribution in [2.75, 3.05) is 7.11 Å². The van der Waals surface area contributed by atoms with E-state index in [0.717, 1.165) is 17.7 Å². The fourth-order valence-corrected chi connectivity index (χ4v) is 2.48. The minimum atomic E-state index is -0.00546. The third-order valence-corrected chi connectivity index (χ3v) is 3.91. The van der Waals surface area contributed by atoms with Gasteiger partial charge in [-0.2, -0.15) is 0 Å². The molecule has 0 fully saturated rings. The first-order valence-corrected chi connectivity index (χ1v) is 7.23. The largest absolute Gasteiger partial charge is 0.497 e. The van der Waals surface area contributed by atoms with Crippen LogP contribution in [0.15, 0.2) is 48.5 Å². The van der Waals surface area contributed by atoms with Gasteiger partial charge in [0.25, 0.3) is 0 Å². The normalized spacial score (nSPS) is 12.2. The number of benzene rings is 2. The summed E-state index contributed by atoms with van der Waals surface area (Å²) in [5.41, 5.74) is 2.34. The smallest absolute Gasteiger partial charge is 0.119 e. The second kappa shape index (κ2) is 6.43. The summed E-state index contributed by atoms with van der Waals surface area (Å²) < 4.78 is 6.44. The summed E-state index contributed by atoms with van der Waals surface area (Å²) in [5.74, 6) is 0.874. The van der Waals surface area contributed by atoms with Gasteiger partial charge in [-0.05, 0) is 64.4 Å². The topological polar surface area (TPSA) is 9.23 Å². The Hall–Kier alpha value is -0.740. The van der Waals surface area contributed by atoms with Gasteiger partial charge in [0, 0.05) is 3.57 Å². The van der Waals surface area contributed by atoms with Crippen LogP contribution in [-0.2, 0) is 6.42 Å². The van der Waals surface area contributed by atoms with Crippen LogP contribution < -0.4 is 4.74 Å². The summed E-state index contributed by atoms with van der Waals surface area (Å²) >= 11 is 8.74. The van der Waals surface area contributed by atoms with Gasteiger partial charge in [0.05, 0.1) is 12.5 Å². The van der Waals surface area contributed by atoms with Crippen molar-refractivity contribution in [1.29, 1.82) is 0 Å². The zero-order chi connectivity index (χ0) is 13.0. The number of halogens is 2. The summed E-state index contributed by atoms with van der Waals surface area (Å²) in [6, 6.07) is 16.4. The average Bonchev–Trinajstić information content (AvgIpc) is 2.39. The van der Waals surface area contributed by atoms with Gasteiger partial charge in [-0.25, -0.2) is 0 Å². The van der Waals surface area contributed by atoms with Crippen LogP contribution in [0.5, 0.6) is 5.75 Å². The summed E-state index contributed by atoms with van der Waals surface area (Å²) in [7, 11) is 1.68. The predicted octanol–water partition coefficient (Wildman–Crippen LogP) is 4.82. The number of ether oxygens (including phenoxy) is 1. The van der Waals surface area contributed by atoms with Crippen LogP contribution in [-0.4, -0.2) is 7.11 Å². The lowest BCUT2D eigenvalue weighted by atomic mass is 10.0. The zero-order valence-electron chi connectivity index (χ0n) is 10.1. The van der Waals surface area contributed by atoms with Crippen LogP contribution >= 0.6 is 34.2 Å². The summed E-state index contributed by atoms with van der Waals surface area (Å²) in [6.07, 6.45) is 0.805. The third kappa shape index (κ3) is 3.62. The molecule has 0 aromatic heterocycles. The SMILES string of the molecule is COc1cccc(CC(Cl)c2ccc(I)cc2)c1. The molecule has 18 heavy (non-hydrogen) atoms. The average molecular weight is 373 g/mol. The standard InChI is InChI=1S/C15H14ClIO/c1-18-14-4-2-3-11(9-14)10-15(16)12-5-7-13(17)8-6-12/h2-9,15H,10H2,1H3. The third-order valence-electron chi connectivity index (χ3n) is 2.78. The molecule has 0 saturated carbocycles. The molecule has 0 radical (unpaired) electrons. The maximum Gasteiger partial charge on any atom is 0.119 e. The Morgan fingerprint density at radius 2 is 1.89 bits per heavy atom. The van der Waals surface area contributed by atoms with E-state index in [9.17, 15) is 0 Å². The number of hydrogen-bond acceptors (Lipinski definition) is 1. The first-order chi connectivity index (χ1) is 8.69. The molecular formula is C15H14ClIO. The highest BCUT2D eigenvalue weighted by molar-refractivity contribution is 14.1. The Balaban J connectivity index is 2.10. The lowest BCUT2D eigenvalue weighted by Gasteiger charge is -2.11. The van der Waals surface area contributed by atoms with E-state index in [1.54, 1.807) is 7.11 Å². The van der Waals surface area contributed by atoms with Crippen LogP contribution in [0, 0.1) is 3.57 Å². The molecule has 0 N–H and O–H groups in total. The van der Waals surface area contributed by atoms with Crippen molar-refractivity contribution < 1.29 is 4.74 Å². The van der Waals surface area contributed by atoms with Crippen LogP contribution in [0.25, 0.3) is 0 Å². The summed E-state index contributed by atoms with van der Waals surface area (Å²) in [5, 5.41) is -0.00546. The van der Waals surface area contributed by atoms with Crippen molar-refractivity contribution in [1.82, 2.24) is 0 Å². The molecule has 94 valence electrons. The minimum absolute atomic E-state index is 0.00546. The van der Waals surface area contributed by atoms with Gasteiger partial charge in [0.15, 0.2) is 0 Å². The molecule has 0 amide bonds. The molecule has 2 rings (SSSR count). The molecule has 0 bridgehead atoms. The van der Waals surface area contributed by atoms with Gasteiger partial charge in [-0.1, -0.05) is 24.3 Å². The van der Waals surface area contributed by atoms with E-state index < -0.39 is 0 Å². The maximum absolute atomic E-state index is 6.45. The number of methoxy groups -OCH3 is 1. The Morgan fingerprint density at radius 1 is 1.17 bits per heavy atom. The highest BCUT2D eigenvalue weighted by atomic mass is 127. The molecule has 0 saturated heterocycles. The highest BCUT2D eigenvalue weighted by Gasteiger charge is 2.09. The molecule has 3 heteroatoms. The van der Waals surface area contributed by atoms with Crippen LogP contribution in [0.2, 0.25) is 0 Å². The first-order valence-electron chi connectivity index (χ1n) is 5.71. The molecule has 2 aromatic rings. The lowest BCUT2D eigenvalue weighted by Crippen LogP contribution is -1.96. The minimum Gasteiger partial charge on any atom is -0.497 e. The lowest BCUT2D eigenvalue weighted by molar-refractivity contribution is 0.414. The van der Waals surface area contributed by atoms with Crippen LogP contribution in [0.4, 0.5) is 0 Å². The van der Waals surface area contributed by atoms with E-state index >= 15 is 0 Å². The quantitative estimate of drug-likeness (QED) is 0.552. The van der Waals surface area contributed by atoms with Gasteiger partial charge in [-0.15, -0.1) is 11.6 Å². The van der Waals surface area contributed by atoms with Crippen molar-refractivity contribution in [3.63, 3.8) is 0 Å². The van der Waals surface area contributed by atoms with E-state index in [-0.39, 0.29) is 5.38 Å². The Labute approximate surface area is 126 Å². The van der Waals surface area contributed by atoms with Gasteiger partial charge in [-0.3, -0.25) is 0 Å². The zero-order valence-corrected chi connectivity index (χ0v) is 13.0. The van der Waals surface area contributed by atoms with Crippen molar-refractivity contribution in [2.45, 2.75) is 11.8 Å². The van der Waals surface area contributed by atoms with Crippen LogP contribution in [0.1, 0.15) is 16.5 Å². The van der Waals surface area contributed by atoms with E-state index in [2.05, 4.69) is 52.9 Å². The van der Waals surface area contributed by atoms with E-state index in [1.165, 1.54) is 9.13 Å². The fourth-order valence-electron chi connectivity index (χ4n) is 1.80. The highest BCUT2D eigenvalue weighted by Crippen LogP contribution is 2.26. The van der Waals surface area contributed by atoms with E-state index in [0.29, 0.717) is 0 Å². The van der Waals surface area contributed by atoms with Gasteiger partial charge in [0.1, 0.15) is 5.75 Å². The van der Waals surface area contributed by atoms with Crippen LogP contribution in [0.3, 0.4) is 0 Å². The number of rotatable bonds is 4. The molecule has 0 aliphatic carbocycles. The predicted molar refractivity (Wildman–Crippen MR) is 84.5 cm³/mol. The molecule has 0 heterocycles. The fraction of sp³-hybridized carbons (Fsp3) is 0.200. The molecule has 2 aromatic carbocycles.